The maximum absolute atomic E-state index is 10.9. The highest BCUT2D eigenvalue weighted by molar-refractivity contribution is 5.77. The van der Waals surface area contributed by atoms with Crippen LogP contribution in [0.2, 0.25) is 0 Å². The molecule has 0 aliphatic carbocycles. The Bertz CT molecular complexity index is 392. The van der Waals surface area contributed by atoms with E-state index in [0.717, 1.165) is 42.7 Å². The predicted octanol–water partition coefficient (Wildman–Crippen LogP) is 1.80. The number of aldehydes is 1. The molecule has 0 bridgehead atoms. The Morgan fingerprint density at radius 3 is 2.53 bits per heavy atom. The molecule has 0 aromatic carbocycles. The summed E-state index contributed by atoms with van der Waals surface area (Å²) in [6.07, 6.45) is 4.71. The van der Waals surface area contributed by atoms with Crippen molar-refractivity contribution in [3.63, 3.8) is 0 Å². The quantitative estimate of drug-likeness (QED) is 0.730. The summed E-state index contributed by atoms with van der Waals surface area (Å²) in [4.78, 5) is 13.4. The molecular weight excluding hydrogens is 214 g/mol. The highest BCUT2D eigenvalue weighted by atomic mass is 16.1. The van der Waals surface area contributed by atoms with E-state index in [4.69, 9.17) is 0 Å². The molecule has 1 aromatic rings. The molecule has 17 heavy (non-hydrogen) atoms. The minimum absolute atomic E-state index is 0.756. The van der Waals surface area contributed by atoms with E-state index < -0.39 is 0 Å². The summed E-state index contributed by atoms with van der Waals surface area (Å²) >= 11 is 0. The van der Waals surface area contributed by atoms with Gasteiger partial charge < -0.3 is 4.90 Å². The number of hydrogen-bond donors (Lipinski definition) is 0. The van der Waals surface area contributed by atoms with Gasteiger partial charge in [-0.05, 0) is 52.7 Å². The van der Waals surface area contributed by atoms with Crippen LogP contribution in [0.25, 0.3) is 0 Å². The summed E-state index contributed by atoms with van der Waals surface area (Å²) < 4.78 is 1.97. The van der Waals surface area contributed by atoms with Gasteiger partial charge in [0.25, 0.3) is 0 Å². The number of aryl methyl sites for hydroxylation is 2. The van der Waals surface area contributed by atoms with Crippen molar-refractivity contribution in [2.75, 3.05) is 19.6 Å². The topological polar surface area (TPSA) is 38.1 Å². The third-order valence-corrected chi connectivity index (χ3v) is 3.60. The molecule has 0 radical (unpaired) electrons. The van der Waals surface area contributed by atoms with Crippen molar-refractivity contribution in [3.8, 4) is 0 Å². The third-order valence-electron chi connectivity index (χ3n) is 3.60. The number of carbonyl (C=O) groups excluding carboxylic acids is 1. The first kappa shape index (κ1) is 12.3. The Morgan fingerprint density at radius 2 is 1.94 bits per heavy atom. The Labute approximate surface area is 103 Å². The fourth-order valence-electron chi connectivity index (χ4n) is 2.55. The van der Waals surface area contributed by atoms with E-state index in [-0.39, 0.29) is 0 Å². The molecule has 1 aliphatic heterocycles. The number of rotatable bonds is 5. The Hall–Kier alpha value is -1.16. The number of likely N-dealkylation sites (tertiary alicyclic amines) is 1. The van der Waals surface area contributed by atoms with Gasteiger partial charge in [0.2, 0.25) is 0 Å². The standard InChI is InChI=1S/C13H21N3O/c1-11-13(10-17)12(2)16(14-11)9-5-8-15-6-3-4-7-15/h10H,3-9H2,1-2H3. The second-order valence-corrected chi connectivity index (χ2v) is 4.83. The van der Waals surface area contributed by atoms with Crippen LogP contribution in [-0.4, -0.2) is 40.6 Å². The minimum Gasteiger partial charge on any atom is -0.303 e. The van der Waals surface area contributed by atoms with Gasteiger partial charge in [-0.3, -0.25) is 9.48 Å². The number of carbonyl (C=O) groups is 1. The van der Waals surface area contributed by atoms with Crippen LogP contribution in [0.5, 0.6) is 0 Å². The molecule has 1 aromatic heterocycles. The average Bonchev–Trinajstić information content (AvgIpc) is 2.89. The van der Waals surface area contributed by atoms with Crippen LogP contribution in [-0.2, 0) is 6.54 Å². The van der Waals surface area contributed by atoms with Crippen molar-refractivity contribution in [1.29, 1.82) is 0 Å². The Balaban J connectivity index is 1.88. The molecule has 4 nitrogen and oxygen atoms in total. The summed E-state index contributed by atoms with van der Waals surface area (Å²) in [6.45, 7) is 8.42. The molecule has 2 heterocycles. The lowest BCUT2D eigenvalue weighted by Gasteiger charge is -2.14. The lowest BCUT2D eigenvalue weighted by Crippen LogP contribution is -2.21. The second kappa shape index (κ2) is 5.45. The van der Waals surface area contributed by atoms with Gasteiger partial charge in [0.1, 0.15) is 0 Å². The van der Waals surface area contributed by atoms with Crippen LogP contribution in [0.15, 0.2) is 0 Å². The lowest BCUT2D eigenvalue weighted by atomic mass is 10.2. The second-order valence-electron chi connectivity index (χ2n) is 4.83. The smallest absolute Gasteiger partial charge is 0.153 e. The number of hydrogen-bond acceptors (Lipinski definition) is 3. The van der Waals surface area contributed by atoms with Gasteiger partial charge in [-0.1, -0.05) is 0 Å². The predicted molar refractivity (Wildman–Crippen MR) is 67.4 cm³/mol. The molecule has 0 N–H and O–H groups in total. The molecule has 1 saturated heterocycles. The highest BCUT2D eigenvalue weighted by Gasteiger charge is 2.12. The molecule has 1 fully saturated rings. The van der Waals surface area contributed by atoms with Gasteiger partial charge >= 0.3 is 0 Å². The van der Waals surface area contributed by atoms with Crippen LogP contribution in [0.1, 0.15) is 41.0 Å². The summed E-state index contributed by atoms with van der Waals surface area (Å²) in [5.41, 5.74) is 2.60. The van der Waals surface area contributed by atoms with Crippen molar-refractivity contribution < 1.29 is 4.79 Å². The van der Waals surface area contributed by atoms with Crippen LogP contribution < -0.4 is 0 Å². The van der Waals surface area contributed by atoms with Crippen molar-refractivity contribution >= 4 is 6.29 Å². The van der Waals surface area contributed by atoms with Crippen molar-refractivity contribution in [3.05, 3.63) is 17.0 Å². The lowest BCUT2D eigenvalue weighted by molar-refractivity contribution is 0.112. The molecule has 0 amide bonds. The first-order valence-corrected chi connectivity index (χ1v) is 6.44. The molecule has 0 unspecified atom stereocenters. The van der Waals surface area contributed by atoms with Crippen molar-refractivity contribution in [2.45, 2.75) is 39.7 Å². The zero-order chi connectivity index (χ0) is 12.3. The van der Waals surface area contributed by atoms with E-state index in [1.165, 1.54) is 25.9 Å². The minimum atomic E-state index is 0.756. The van der Waals surface area contributed by atoms with Crippen molar-refractivity contribution in [1.82, 2.24) is 14.7 Å². The van der Waals surface area contributed by atoms with E-state index in [9.17, 15) is 4.79 Å². The molecule has 4 heteroatoms. The molecule has 0 saturated carbocycles. The average molecular weight is 235 g/mol. The van der Waals surface area contributed by atoms with Crippen molar-refractivity contribution in [2.24, 2.45) is 0 Å². The van der Waals surface area contributed by atoms with Gasteiger partial charge in [-0.25, -0.2) is 0 Å². The monoisotopic (exact) mass is 235 g/mol. The van der Waals surface area contributed by atoms with Crippen LogP contribution >= 0.6 is 0 Å². The van der Waals surface area contributed by atoms with Crippen LogP contribution in [0.4, 0.5) is 0 Å². The van der Waals surface area contributed by atoms with E-state index >= 15 is 0 Å². The molecule has 94 valence electrons. The van der Waals surface area contributed by atoms with Crippen LogP contribution in [0.3, 0.4) is 0 Å². The zero-order valence-electron chi connectivity index (χ0n) is 10.8. The maximum Gasteiger partial charge on any atom is 0.153 e. The van der Waals surface area contributed by atoms with Crippen LogP contribution in [0, 0.1) is 13.8 Å². The summed E-state index contributed by atoms with van der Waals surface area (Å²) in [5, 5.41) is 4.41. The summed E-state index contributed by atoms with van der Waals surface area (Å²) in [5.74, 6) is 0. The molecule has 0 atom stereocenters. The van der Waals surface area contributed by atoms with Gasteiger partial charge in [-0.2, -0.15) is 5.10 Å². The molecular formula is C13H21N3O. The molecule has 1 aliphatic rings. The Kier molecular flexibility index (Phi) is 3.94. The summed E-state index contributed by atoms with van der Waals surface area (Å²) in [6, 6.07) is 0. The largest absolute Gasteiger partial charge is 0.303 e. The first-order valence-electron chi connectivity index (χ1n) is 6.44. The zero-order valence-corrected chi connectivity index (χ0v) is 10.8. The molecule has 2 rings (SSSR count). The highest BCUT2D eigenvalue weighted by Crippen LogP contribution is 2.12. The van der Waals surface area contributed by atoms with E-state index in [2.05, 4.69) is 10.00 Å². The van der Waals surface area contributed by atoms with Gasteiger partial charge in [-0.15, -0.1) is 0 Å². The number of aromatic nitrogens is 2. The normalized spacial score (nSPS) is 16.6. The summed E-state index contributed by atoms with van der Waals surface area (Å²) in [7, 11) is 0. The first-order chi connectivity index (χ1) is 8.22. The number of nitrogens with zero attached hydrogens (tertiary/aromatic N) is 3. The SMILES string of the molecule is Cc1nn(CCCN2CCCC2)c(C)c1C=O. The fraction of sp³-hybridized carbons (Fsp3) is 0.692. The van der Waals surface area contributed by atoms with Gasteiger partial charge in [0, 0.05) is 12.2 Å². The fourth-order valence-corrected chi connectivity index (χ4v) is 2.55. The molecule has 0 spiro atoms. The third kappa shape index (κ3) is 2.75. The maximum atomic E-state index is 10.9. The van der Waals surface area contributed by atoms with Gasteiger partial charge in [0.15, 0.2) is 6.29 Å². The van der Waals surface area contributed by atoms with E-state index in [0.29, 0.717) is 0 Å². The van der Waals surface area contributed by atoms with E-state index in [1.54, 1.807) is 0 Å². The van der Waals surface area contributed by atoms with Gasteiger partial charge in [0.05, 0.1) is 11.3 Å². The Morgan fingerprint density at radius 1 is 1.24 bits per heavy atom. The van der Waals surface area contributed by atoms with E-state index in [1.807, 2.05) is 18.5 Å².